The Hall–Kier alpha value is -0.590. The molecule has 1 heteroatoms. The van der Waals surface area contributed by atoms with Gasteiger partial charge in [-0.3, -0.25) is 4.79 Å². The highest BCUT2D eigenvalue weighted by molar-refractivity contribution is 5.77. The van der Waals surface area contributed by atoms with E-state index >= 15 is 0 Å². The molecule has 15 heavy (non-hydrogen) atoms. The SMILES string of the molecule is CC(=O)C(C)CC1C(C)=CCCC1(C)C. The van der Waals surface area contributed by atoms with Crippen LogP contribution in [0, 0.1) is 17.3 Å². The third-order valence-electron chi connectivity index (χ3n) is 4.03. The van der Waals surface area contributed by atoms with E-state index in [1.54, 1.807) is 6.92 Å². The summed E-state index contributed by atoms with van der Waals surface area (Å²) >= 11 is 0. The molecule has 0 heterocycles. The average Bonchev–Trinajstić information content (AvgIpc) is 2.10. The molecule has 0 aromatic heterocycles. The van der Waals surface area contributed by atoms with E-state index in [1.165, 1.54) is 18.4 Å². The van der Waals surface area contributed by atoms with Crippen molar-refractivity contribution in [1.29, 1.82) is 0 Å². The van der Waals surface area contributed by atoms with Gasteiger partial charge in [0.25, 0.3) is 0 Å². The van der Waals surface area contributed by atoms with Crippen molar-refractivity contribution in [2.24, 2.45) is 17.3 Å². The Bertz CT molecular complexity index is 273. The van der Waals surface area contributed by atoms with Crippen LogP contribution in [0.5, 0.6) is 0 Å². The summed E-state index contributed by atoms with van der Waals surface area (Å²) in [5, 5.41) is 0. The van der Waals surface area contributed by atoms with Gasteiger partial charge in [-0.1, -0.05) is 32.4 Å². The lowest BCUT2D eigenvalue weighted by atomic mass is 9.65. The van der Waals surface area contributed by atoms with Crippen LogP contribution in [0.15, 0.2) is 11.6 Å². The van der Waals surface area contributed by atoms with E-state index in [1.807, 2.05) is 0 Å². The fourth-order valence-electron chi connectivity index (χ4n) is 2.63. The van der Waals surface area contributed by atoms with Gasteiger partial charge in [-0.2, -0.15) is 0 Å². The van der Waals surface area contributed by atoms with E-state index in [2.05, 4.69) is 33.8 Å². The second-order valence-electron chi connectivity index (χ2n) is 5.78. The van der Waals surface area contributed by atoms with Crippen LogP contribution in [0.25, 0.3) is 0 Å². The maximum Gasteiger partial charge on any atom is 0.132 e. The Morgan fingerprint density at radius 2 is 2.20 bits per heavy atom. The molecule has 0 saturated heterocycles. The number of carbonyl (C=O) groups is 1. The van der Waals surface area contributed by atoms with Gasteiger partial charge in [0.05, 0.1) is 0 Å². The molecule has 0 aliphatic heterocycles. The first-order valence-electron chi connectivity index (χ1n) is 6.01. The quantitative estimate of drug-likeness (QED) is 0.641. The van der Waals surface area contributed by atoms with Crippen molar-refractivity contribution in [3.05, 3.63) is 11.6 Å². The minimum atomic E-state index is 0.204. The summed E-state index contributed by atoms with van der Waals surface area (Å²) in [4.78, 5) is 11.3. The monoisotopic (exact) mass is 208 g/mol. The van der Waals surface area contributed by atoms with Gasteiger partial charge in [0.1, 0.15) is 5.78 Å². The van der Waals surface area contributed by atoms with Crippen molar-refractivity contribution in [2.45, 2.75) is 53.9 Å². The molecule has 0 spiro atoms. The molecule has 1 aliphatic rings. The van der Waals surface area contributed by atoms with E-state index in [4.69, 9.17) is 0 Å². The summed E-state index contributed by atoms with van der Waals surface area (Å²) in [6.07, 6.45) is 5.82. The van der Waals surface area contributed by atoms with Crippen LogP contribution in [0.3, 0.4) is 0 Å². The van der Waals surface area contributed by atoms with Crippen molar-refractivity contribution < 1.29 is 4.79 Å². The molecule has 0 bridgehead atoms. The van der Waals surface area contributed by atoms with Crippen molar-refractivity contribution in [2.75, 3.05) is 0 Å². The first kappa shape index (κ1) is 12.5. The van der Waals surface area contributed by atoms with Gasteiger partial charge >= 0.3 is 0 Å². The second kappa shape index (κ2) is 4.51. The van der Waals surface area contributed by atoms with Gasteiger partial charge in [-0.15, -0.1) is 0 Å². The van der Waals surface area contributed by atoms with E-state index in [0.29, 0.717) is 17.1 Å². The molecule has 0 radical (unpaired) electrons. The molecule has 0 fully saturated rings. The summed E-state index contributed by atoms with van der Waals surface area (Å²) in [5.41, 5.74) is 1.85. The van der Waals surface area contributed by atoms with Crippen LogP contribution in [-0.2, 0) is 4.79 Å². The summed E-state index contributed by atoms with van der Waals surface area (Å²) in [6.45, 7) is 10.7. The third kappa shape index (κ3) is 2.93. The first-order valence-corrected chi connectivity index (χ1v) is 6.01. The van der Waals surface area contributed by atoms with Gasteiger partial charge in [0.2, 0.25) is 0 Å². The van der Waals surface area contributed by atoms with Gasteiger partial charge in [-0.05, 0) is 44.4 Å². The smallest absolute Gasteiger partial charge is 0.132 e. The highest BCUT2D eigenvalue weighted by atomic mass is 16.1. The fourth-order valence-corrected chi connectivity index (χ4v) is 2.63. The van der Waals surface area contributed by atoms with Gasteiger partial charge < -0.3 is 0 Å². The van der Waals surface area contributed by atoms with Crippen LogP contribution in [0.1, 0.15) is 53.9 Å². The molecular formula is C14H24O. The lowest BCUT2D eigenvalue weighted by Gasteiger charge is -2.39. The van der Waals surface area contributed by atoms with Crippen molar-refractivity contribution in [3.8, 4) is 0 Å². The third-order valence-corrected chi connectivity index (χ3v) is 4.03. The highest BCUT2D eigenvalue weighted by Crippen LogP contribution is 2.44. The molecule has 0 aromatic rings. The molecule has 0 N–H and O–H groups in total. The molecule has 1 rings (SSSR count). The predicted octanol–water partition coefficient (Wildman–Crippen LogP) is 3.98. The Balaban J connectivity index is 2.77. The highest BCUT2D eigenvalue weighted by Gasteiger charge is 2.34. The predicted molar refractivity (Wildman–Crippen MR) is 64.7 cm³/mol. The summed E-state index contributed by atoms with van der Waals surface area (Å²) in [6, 6.07) is 0. The van der Waals surface area contributed by atoms with Crippen LogP contribution in [-0.4, -0.2) is 5.78 Å². The first-order chi connectivity index (χ1) is 6.84. The Labute approximate surface area is 93.9 Å². The zero-order chi connectivity index (χ0) is 11.6. The normalized spacial score (nSPS) is 27.0. The molecule has 0 amide bonds. The van der Waals surface area contributed by atoms with E-state index < -0.39 is 0 Å². The van der Waals surface area contributed by atoms with Crippen molar-refractivity contribution in [3.63, 3.8) is 0 Å². The zero-order valence-corrected chi connectivity index (χ0v) is 10.8. The van der Waals surface area contributed by atoms with Gasteiger partial charge in [-0.25, -0.2) is 0 Å². The average molecular weight is 208 g/mol. The second-order valence-corrected chi connectivity index (χ2v) is 5.78. The number of hydrogen-bond donors (Lipinski definition) is 0. The Kier molecular flexibility index (Phi) is 3.75. The summed E-state index contributed by atoms with van der Waals surface area (Å²) < 4.78 is 0. The molecule has 0 saturated carbocycles. The van der Waals surface area contributed by atoms with Crippen LogP contribution >= 0.6 is 0 Å². The molecule has 0 aromatic carbocycles. The fraction of sp³-hybridized carbons (Fsp3) is 0.786. The molecule has 2 atom stereocenters. The Morgan fingerprint density at radius 1 is 1.60 bits per heavy atom. The Morgan fingerprint density at radius 3 is 2.67 bits per heavy atom. The molecular weight excluding hydrogens is 184 g/mol. The number of rotatable bonds is 3. The van der Waals surface area contributed by atoms with Gasteiger partial charge in [0.15, 0.2) is 0 Å². The number of hydrogen-bond acceptors (Lipinski definition) is 1. The summed E-state index contributed by atoms with van der Waals surface area (Å²) in [7, 11) is 0. The minimum Gasteiger partial charge on any atom is -0.300 e. The molecule has 1 nitrogen and oxygen atoms in total. The number of Topliss-reactive ketones (excluding diaryl/α,β-unsaturated/α-hetero) is 1. The van der Waals surface area contributed by atoms with E-state index in [0.717, 1.165) is 6.42 Å². The topological polar surface area (TPSA) is 17.1 Å². The number of ketones is 1. The van der Waals surface area contributed by atoms with Crippen molar-refractivity contribution >= 4 is 5.78 Å². The van der Waals surface area contributed by atoms with Crippen molar-refractivity contribution in [1.82, 2.24) is 0 Å². The van der Waals surface area contributed by atoms with E-state index in [9.17, 15) is 4.79 Å². The molecule has 86 valence electrons. The maximum absolute atomic E-state index is 11.3. The van der Waals surface area contributed by atoms with Crippen LogP contribution in [0.2, 0.25) is 0 Å². The van der Waals surface area contributed by atoms with E-state index in [-0.39, 0.29) is 5.92 Å². The lowest BCUT2D eigenvalue weighted by molar-refractivity contribution is -0.120. The molecule has 2 unspecified atom stereocenters. The van der Waals surface area contributed by atoms with Crippen LogP contribution < -0.4 is 0 Å². The maximum atomic E-state index is 11.3. The number of carbonyl (C=O) groups excluding carboxylic acids is 1. The summed E-state index contributed by atoms with van der Waals surface area (Å²) in [5.74, 6) is 1.12. The zero-order valence-electron chi connectivity index (χ0n) is 10.8. The molecule has 1 aliphatic carbocycles. The largest absolute Gasteiger partial charge is 0.300 e. The van der Waals surface area contributed by atoms with Crippen LogP contribution in [0.4, 0.5) is 0 Å². The standard InChI is InChI=1S/C14H24O/c1-10-7-6-8-14(4,5)13(10)9-11(2)12(3)15/h7,11,13H,6,8-9H2,1-5H3. The number of allylic oxidation sites excluding steroid dienone is 2. The minimum absolute atomic E-state index is 0.204. The van der Waals surface area contributed by atoms with Gasteiger partial charge in [0, 0.05) is 5.92 Å². The lowest BCUT2D eigenvalue weighted by Crippen LogP contribution is -2.30.